The number of epoxide rings is 1. The Labute approximate surface area is 328 Å². The van der Waals surface area contributed by atoms with Crippen LogP contribution in [0, 0.1) is 0 Å². The molecule has 318 valence electrons. The molecule has 12 heteroatoms. The average Bonchev–Trinajstić information content (AvgIpc) is 3.92. The second-order valence-corrected chi connectivity index (χ2v) is 16.6. The number of hydrogen-bond acceptors (Lipinski definition) is 10. The van der Waals surface area contributed by atoms with Gasteiger partial charge in [-0.3, -0.25) is 18.6 Å². The Morgan fingerprint density at radius 1 is 0.648 bits per heavy atom. The number of rotatable bonds is 40. The van der Waals surface area contributed by atoms with Gasteiger partial charge in [0.05, 0.1) is 32.0 Å². The van der Waals surface area contributed by atoms with Crippen molar-refractivity contribution in [3.63, 3.8) is 0 Å². The fraction of sp³-hybridized carbons (Fsp3) is 0.905. The van der Waals surface area contributed by atoms with Crippen molar-refractivity contribution in [2.75, 3.05) is 26.4 Å². The summed E-state index contributed by atoms with van der Waals surface area (Å²) in [4.78, 5) is 35.0. The van der Waals surface area contributed by atoms with E-state index in [1.807, 2.05) is 0 Å². The zero-order chi connectivity index (χ0) is 39.5. The summed E-state index contributed by atoms with van der Waals surface area (Å²) < 4.78 is 38.5. The second-order valence-electron chi connectivity index (χ2n) is 15.1. The average molecular weight is 791 g/mol. The van der Waals surface area contributed by atoms with Gasteiger partial charge in [-0.25, -0.2) is 4.57 Å². The molecule has 0 radical (unpaired) electrons. The van der Waals surface area contributed by atoms with Gasteiger partial charge in [0, 0.05) is 12.8 Å². The van der Waals surface area contributed by atoms with Crippen LogP contribution in [0.2, 0.25) is 0 Å². The fourth-order valence-electron chi connectivity index (χ4n) is 6.35. The van der Waals surface area contributed by atoms with Gasteiger partial charge in [-0.2, -0.15) is 0 Å². The first kappa shape index (κ1) is 50.7. The van der Waals surface area contributed by atoms with Gasteiger partial charge < -0.3 is 29.3 Å². The molecule has 1 aliphatic rings. The number of phosphoric acid groups is 1. The molecule has 0 aromatic heterocycles. The third-order valence-electron chi connectivity index (χ3n) is 9.84. The standard InChI is InChI=1S/C42H79O11P/c1-3-5-7-9-11-12-13-14-15-16-17-18-19-23-27-31-41(45)49-35-38(36-51-54(47,48)50-34-37(44)33-43)52-42(46)32-28-24-20-22-26-30-40-39(53-40)29-25-21-10-8-6-4-2/h21,25,37-40,43-44H,3-20,22-24,26-36H2,1-2H3,(H,47,48)/b25-21-/t37-,38+,39?,40?/m0/s1. The van der Waals surface area contributed by atoms with Crippen molar-refractivity contribution in [1.82, 2.24) is 0 Å². The molecule has 1 saturated heterocycles. The maximum absolute atomic E-state index is 12.6. The first-order valence-electron chi connectivity index (χ1n) is 21.8. The van der Waals surface area contributed by atoms with E-state index < -0.39 is 51.8 Å². The molecular weight excluding hydrogens is 711 g/mol. The summed E-state index contributed by atoms with van der Waals surface area (Å²) in [5, 5.41) is 18.3. The number of ether oxygens (including phenoxy) is 3. The molecule has 0 bridgehead atoms. The number of carbonyl (C=O) groups is 2. The molecule has 3 N–H and O–H groups in total. The van der Waals surface area contributed by atoms with E-state index in [2.05, 4.69) is 30.5 Å². The second kappa shape index (κ2) is 34.9. The lowest BCUT2D eigenvalue weighted by Crippen LogP contribution is -2.29. The third-order valence-corrected chi connectivity index (χ3v) is 10.8. The Morgan fingerprint density at radius 3 is 1.72 bits per heavy atom. The fourth-order valence-corrected chi connectivity index (χ4v) is 7.14. The van der Waals surface area contributed by atoms with Crippen molar-refractivity contribution in [2.45, 2.75) is 218 Å². The van der Waals surface area contributed by atoms with Crippen LogP contribution in [0.5, 0.6) is 0 Å². The molecule has 1 fully saturated rings. The SMILES string of the molecule is CCCCC/C=C\CC1OC1CCCCCCCC(=O)O[C@H](COC(=O)CCCCCCCCCCCCCCCCC)COP(=O)(O)OC[C@@H](O)CO. The van der Waals surface area contributed by atoms with Gasteiger partial charge in [-0.15, -0.1) is 0 Å². The molecule has 0 spiro atoms. The molecule has 0 aliphatic carbocycles. The summed E-state index contributed by atoms with van der Waals surface area (Å²) in [6, 6.07) is 0. The van der Waals surface area contributed by atoms with Crippen molar-refractivity contribution in [3.05, 3.63) is 12.2 Å². The maximum atomic E-state index is 12.6. The molecule has 11 nitrogen and oxygen atoms in total. The molecule has 0 amide bonds. The molecule has 1 aliphatic heterocycles. The Morgan fingerprint density at radius 2 is 1.15 bits per heavy atom. The van der Waals surface area contributed by atoms with E-state index >= 15 is 0 Å². The highest BCUT2D eigenvalue weighted by Crippen LogP contribution is 2.43. The van der Waals surface area contributed by atoms with Crippen molar-refractivity contribution >= 4 is 19.8 Å². The normalized spacial score (nSPS) is 17.7. The first-order valence-corrected chi connectivity index (χ1v) is 23.3. The molecular formula is C42H79O11P. The minimum absolute atomic E-state index is 0.165. The zero-order valence-corrected chi connectivity index (χ0v) is 35.0. The molecule has 0 aromatic carbocycles. The Bertz CT molecular complexity index is 978. The van der Waals surface area contributed by atoms with E-state index in [0.717, 1.165) is 64.2 Å². The monoisotopic (exact) mass is 791 g/mol. The lowest BCUT2D eigenvalue weighted by Gasteiger charge is -2.20. The van der Waals surface area contributed by atoms with Crippen LogP contribution in [-0.4, -0.2) is 77.9 Å². The molecule has 54 heavy (non-hydrogen) atoms. The molecule has 3 unspecified atom stereocenters. The van der Waals surface area contributed by atoms with E-state index in [0.29, 0.717) is 25.0 Å². The highest BCUT2D eigenvalue weighted by molar-refractivity contribution is 7.47. The van der Waals surface area contributed by atoms with E-state index in [4.69, 9.17) is 23.8 Å². The van der Waals surface area contributed by atoms with Crippen molar-refractivity contribution in [2.24, 2.45) is 0 Å². The van der Waals surface area contributed by atoms with Gasteiger partial charge in [0.15, 0.2) is 6.10 Å². The van der Waals surface area contributed by atoms with Crippen LogP contribution in [0.3, 0.4) is 0 Å². The maximum Gasteiger partial charge on any atom is 0.472 e. The number of unbranched alkanes of at least 4 members (excludes halogenated alkanes) is 21. The minimum Gasteiger partial charge on any atom is -0.462 e. The van der Waals surface area contributed by atoms with E-state index in [1.165, 1.54) is 89.9 Å². The van der Waals surface area contributed by atoms with Crippen LogP contribution in [-0.2, 0) is 37.4 Å². The molecule has 0 aromatic rings. The van der Waals surface area contributed by atoms with E-state index in [9.17, 15) is 24.2 Å². The number of carbonyl (C=O) groups excluding carboxylic acids is 2. The Kier molecular flexibility index (Phi) is 32.7. The van der Waals surface area contributed by atoms with Gasteiger partial charge in [-0.1, -0.05) is 154 Å². The predicted octanol–water partition coefficient (Wildman–Crippen LogP) is 10.2. The summed E-state index contributed by atoms with van der Waals surface area (Å²) in [7, 11) is -4.62. The van der Waals surface area contributed by atoms with Crippen molar-refractivity contribution < 1.29 is 52.5 Å². The summed E-state index contributed by atoms with van der Waals surface area (Å²) in [5.74, 6) is -0.939. The predicted molar refractivity (Wildman–Crippen MR) is 214 cm³/mol. The molecule has 5 atom stereocenters. The van der Waals surface area contributed by atoms with Gasteiger partial charge >= 0.3 is 19.8 Å². The quantitative estimate of drug-likeness (QED) is 0.0178. The molecule has 1 rings (SSSR count). The summed E-state index contributed by atoms with van der Waals surface area (Å²) >= 11 is 0. The number of aliphatic hydroxyl groups is 2. The number of aliphatic hydroxyl groups excluding tert-OH is 2. The van der Waals surface area contributed by atoms with Gasteiger partial charge in [0.1, 0.15) is 12.7 Å². The first-order chi connectivity index (χ1) is 26.2. The van der Waals surface area contributed by atoms with Gasteiger partial charge in [0.2, 0.25) is 0 Å². The molecule has 0 saturated carbocycles. The smallest absolute Gasteiger partial charge is 0.462 e. The number of esters is 2. The van der Waals surface area contributed by atoms with Crippen LogP contribution in [0.4, 0.5) is 0 Å². The van der Waals surface area contributed by atoms with Crippen LogP contribution in [0.25, 0.3) is 0 Å². The lowest BCUT2D eigenvalue weighted by molar-refractivity contribution is -0.161. The van der Waals surface area contributed by atoms with E-state index in [-0.39, 0.29) is 19.4 Å². The lowest BCUT2D eigenvalue weighted by atomic mass is 10.0. The minimum atomic E-state index is -4.62. The van der Waals surface area contributed by atoms with Gasteiger partial charge in [0.25, 0.3) is 0 Å². The van der Waals surface area contributed by atoms with Crippen LogP contribution in [0.1, 0.15) is 194 Å². The van der Waals surface area contributed by atoms with Crippen LogP contribution >= 0.6 is 7.82 Å². The third kappa shape index (κ3) is 31.8. The number of allylic oxidation sites excluding steroid dienone is 1. The van der Waals surface area contributed by atoms with Gasteiger partial charge in [-0.05, 0) is 38.5 Å². The topological polar surface area (TPSA) is 161 Å². The summed E-state index contributed by atoms with van der Waals surface area (Å²) in [6.07, 6.45) is 33.3. The van der Waals surface area contributed by atoms with Crippen LogP contribution in [0.15, 0.2) is 12.2 Å². The van der Waals surface area contributed by atoms with Crippen LogP contribution < -0.4 is 0 Å². The largest absolute Gasteiger partial charge is 0.472 e. The van der Waals surface area contributed by atoms with E-state index in [1.54, 1.807) is 0 Å². The van der Waals surface area contributed by atoms with Crippen molar-refractivity contribution in [1.29, 1.82) is 0 Å². The highest BCUT2D eigenvalue weighted by atomic mass is 31.2. The number of phosphoric ester groups is 1. The Hall–Kier alpha value is -1.33. The highest BCUT2D eigenvalue weighted by Gasteiger charge is 2.36. The number of hydrogen-bond donors (Lipinski definition) is 3. The van der Waals surface area contributed by atoms with Crippen molar-refractivity contribution in [3.8, 4) is 0 Å². The summed E-state index contributed by atoms with van der Waals surface area (Å²) in [6.45, 7) is 2.34. The summed E-state index contributed by atoms with van der Waals surface area (Å²) in [5.41, 5.74) is 0. The Balaban J connectivity index is 2.25. The molecule has 1 heterocycles. The zero-order valence-electron chi connectivity index (χ0n) is 34.1.